The molecule has 3 aliphatic heterocycles. The largest absolute Gasteiger partial charge is 0.375 e. The van der Waals surface area contributed by atoms with E-state index in [0.29, 0.717) is 48.8 Å². The van der Waals surface area contributed by atoms with Crippen LogP contribution in [0, 0.1) is 17.8 Å². The Bertz CT molecular complexity index is 455. The molecule has 26 heavy (non-hydrogen) atoms. The molecule has 4 fully saturated rings. The number of hydrogen-bond donors (Lipinski definition) is 4. The van der Waals surface area contributed by atoms with Gasteiger partial charge >= 0.3 is 0 Å². The molecule has 0 radical (unpaired) electrons. The number of methoxy groups -OCH3 is 1. The Balaban J connectivity index is 1.48. The normalized spacial score (nSPS) is 47.8. The van der Waals surface area contributed by atoms with E-state index in [1.807, 2.05) is 0 Å². The van der Waals surface area contributed by atoms with Gasteiger partial charge in [-0.2, -0.15) is 0 Å². The fourth-order valence-corrected chi connectivity index (χ4v) is 5.43. The van der Waals surface area contributed by atoms with Crippen molar-refractivity contribution in [2.75, 3.05) is 33.5 Å². The van der Waals surface area contributed by atoms with Gasteiger partial charge in [0, 0.05) is 31.7 Å². The molecule has 1 aliphatic carbocycles. The summed E-state index contributed by atoms with van der Waals surface area (Å²) in [7, 11) is 1.79. The van der Waals surface area contributed by atoms with Gasteiger partial charge in [0.15, 0.2) is 0 Å². The molecule has 4 rings (SSSR count). The lowest BCUT2D eigenvalue weighted by Gasteiger charge is -2.41. The van der Waals surface area contributed by atoms with Gasteiger partial charge in [-0.05, 0) is 57.4 Å². The maximum Gasteiger partial charge on any atom is 0.112 e. The maximum absolute atomic E-state index is 6.39. The minimum Gasteiger partial charge on any atom is -0.375 e. The second-order valence-corrected chi connectivity index (χ2v) is 8.59. The topological polar surface area (TPSA) is 75.8 Å². The van der Waals surface area contributed by atoms with Crippen molar-refractivity contribution in [1.82, 2.24) is 21.5 Å². The molecule has 7 nitrogen and oxygen atoms in total. The predicted molar refractivity (Wildman–Crippen MR) is 99.4 cm³/mol. The highest BCUT2D eigenvalue weighted by Gasteiger charge is 2.46. The molecule has 1 saturated carbocycles. The van der Waals surface area contributed by atoms with E-state index in [4.69, 9.17) is 14.2 Å². The van der Waals surface area contributed by atoms with Crippen molar-refractivity contribution in [2.45, 2.75) is 69.5 Å². The molecular formula is C19H36N4O3. The molecule has 4 aliphatic rings. The number of hydrazine groups is 1. The van der Waals surface area contributed by atoms with Gasteiger partial charge in [-0.25, -0.2) is 0 Å². The summed E-state index contributed by atoms with van der Waals surface area (Å²) < 4.78 is 18.0. The van der Waals surface area contributed by atoms with Crippen LogP contribution in [0.3, 0.4) is 0 Å². The first kappa shape index (κ1) is 19.1. The van der Waals surface area contributed by atoms with E-state index in [9.17, 15) is 0 Å². The molecule has 7 unspecified atom stereocenters. The molecule has 3 saturated heterocycles. The first-order chi connectivity index (χ1) is 12.7. The zero-order valence-corrected chi connectivity index (χ0v) is 16.2. The third-order valence-electron chi connectivity index (χ3n) is 6.81. The second kappa shape index (κ2) is 8.82. The van der Waals surface area contributed by atoms with Gasteiger partial charge in [-0.15, -0.1) is 0 Å². The van der Waals surface area contributed by atoms with Crippen LogP contribution in [0.2, 0.25) is 0 Å². The van der Waals surface area contributed by atoms with Crippen LogP contribution in [0.4, 0.5) is 0 Å². The van der Waals surface area contributed by atoms with Gasteiger partial charge in [-0.1, -0.05) is 0 Å². The van der Waals surface area contributed by atoms with Crippen molar-refractivity contribution in [1.29, 1.82) is 0 Å². The Morgan fingerprint density at radius 3 is 2.85 bits per heavy atom. The van der Waals surface area contributed by atoms with Crippen LogP contribution in [-0.4, -0.2) is 64.1 Å². The van der Waals surface area contributed by atoms with Crippen LogP contribution < -0.4 is 21.5 Å². The number of nitrogens with one attached hydrogen (secondary N) is 4. The molecule has 8 atom stereocenters. The SMILES string of the molecule is COC1NCC2CC1COCNCC[C@@H](C)OC1CCC3NNC2C3C1. The van der Waals surface area contributed by atoms with Crippen molar-refractivity contribution in [2.24, 2.45) is 17.8 Å². The molecule has 0 aromatic carbocycles. The third kappa shape index (κ3) is 4.24. The van der Waals surface area contributed by atoms with Gasteiger partial charge in [0.25, 0.3) is 0 Å². The monoisotopic (exact) mass is 368 g/mol. The summed E-state index contributed by atoms with van der Waals surface area (Å²) in [6.45, 7) is 5.47. The maximum atomic E-state index is 6.39. The van der Waals surface area contributed by atoms with Crippen LogP contribution in [0.1, 0.15) is 39.0 Å². The molecular weight excluding hydrogens is 332 g/mol. The predicted octanol–water partition coefficient (Wildman–Crippen LogP) is 0.571. The fraction of sp³-hybridized carbons (Fsp3) is 1.00. The highest BCUT2D eigenvalue weighted by Crippen LogP contribution is 2.38. The van der Waals surface area contributed by atoms with Gasteiger partial charge < -0.3 is 14.2 Å². The van der Waals surface area contributed by atoms with Crippen LogP contribution in [0.15, 0.2) is 0 Å². The zero-order valence-electron chi connectivity index (χ0n) is 16.2. The Morgan fingerprint density at radius 1 is 1.04 bits per heavy atom. The smallest absolute Gasteiger partial charge is 0.112 e. The fourth-order valence-electron chi connectivity index (χ4n) is 5.43. The van der Waals surface area contributed by atoms with E-state index < -0.39 is 0 Å². The average Bonchev–Trinajstić information content (AvgIpc) is 3.07. The molecule has 4 N–H and O–H groups in total. The molecule has 0 spiro atoms. The van der Waals surface area contributed by atoms with Crippen molar-refractivity contribution in [3.05, 3.63) is 0 Å². The number of hydrogen-bond acceptors (Lipinski definition) is 7. The molecule has 0 aromatic rings. The molecule has 0 aromatic heterocycles. The second-order valence-electron chi connectivity index (χ2n) is 8.59. The van der Waals surface area contributed by atoms with E-state index in [2.05, 4.69) is 28.4 Å². The van der Waals surface area contributed by atoms with E-state index in [1.165, 1.54) is 19.3 Å². The van der Waals surface area contributed by atoms with Crippen LogP contribution in [-0.2, 0) is 14.2 Å². The lowest BCUT2D eigenvalue weighted by Crippen LogP contribution is -2.54. The van der Waals surface area contributed by atoms with E-state index >= 15 is 0 Å². The van der Waals surface area contributed by atoms with Gasteiger partial charge in [0.05, 0.1) is 25.5 Å². The standard InChI is InChI=1S/C19H36N4O3/c1-12-5-6-20-11-25-10-14-7-13(9-21-19(14)24-2)18-16-8-15(26-12)3-4-17(16)22-23-18/h12-23H,3-11H2,1-2H3/t12-,13?,14?,15?,16?,17?,18?,19?/m1/s1. The molecule has 7 heteroatoms. The quantitative estimate of drug-likeness (QED) is 0.539. The van der Waals surface area contributed by atoms with E-state index in [-0.39, 0.29) is 6.23 Å². The van der Waals surface area contributed by atoms with Gasteiger partial charge in [0.1, 0.15) is 6.23 Å². The Labute approximate surface area is 157 Å². The first-order valence-corrected chi connectivity index (χ1v) is 10.5. The van der Waals surface area contributed by atoms with E-state index in [1.54, 1.807) is 7.11 Å². The Hall–Kier alpha value is -0.280. The lowest BCUT2D eigenvalue weighted by atomic mass is 9.73. The summed E-state index contributed by atoms with van der Waals surface area (Å²) in [5, 5.41) is 6.99. The summed E-state index contributed by atoms with van der Waals surface area (Å²) in [4.78, 5) is 0. The molecule has 3 heterocycles. The third-order valence-corrected chi connectivity index (χ3v) is 6.81. The average molecular weight is 369 g/mol. The molecule has 4 bridgehead atoms. The van der Waals surface area contributed by atoms with Crippen LogP contribution in [0.5, 0.6) is 0 Å². The zero-order chi connectivity index (χ0) is 17.9. The summed E-state index contributed by atoms with van der Waals surface area (Å²) in [5.74, 6) is 1.63. The van der Waals surface area contributed by atoms with Crippen molar-refractivity contribution >= 4 is 0 Å². The van der Waals surface area contributed by atoms with Gasteiger partial charge in [-0.3, -0.25) is 21.5 Å². The van der Waals surface area contributed by atoms with Crippen molar-refractivity contribution in [3.8, 4) is 0 Å². The highest BCUT2D eigenvalue weighted by atomic mass is 16.5. The van der Waals surface area contributed by atoms with Crippen LogP contribution in [0.25, 0.3) is 0 Å². The number of rotatable bonds is 1. The van der Waals surface area contributed by atoms with Crippen molar-refractivity contribution < 1.29 is 14.2 Å². The molecule has 0 amide bonds. The summed E-state index contributed by atoms with van der Waals surface area (Å²) >= 11 is 0. The van der Waals surface area contributed by atoms with E-state index in [0.717, 1.165) is 32.5 Å². The lowest BCUT2D eigenvalue weighted by molar-refractivity contribution is -0.0550. The Morgan fingerprint density at radius 2 is 1.96 bits per heavy atom. The van der Waals surface area contributed by atoms with Crippen molar-refractivity contribution in [3.63, 3.8) is 0 Å². The Kier molecular flexibility index (Phi) is 6.46. The summed E-state index contributed by atoms with van der Waals surface area (Å²) in [5.41, 5.74) is 7.22. The molecule has 150 valence electrons. The van der Waals surface area contributed by atoms with Gasteiger partial charge in [0.2, 0.25) is 0 Å². The summed E-state index contributed by atoms with van der Waals surface area (Å²) in [6.07, 6.45) is 6.49. The minimum absolute atomic E-state index is 0.0922. The first-order valence-electron chi connectivity index (χ1n) is 10.5. The highest BCUT2D eigenvalue weighted by molar-refractivity contribution is 5.00. The number of piperidine rings is 1. The number of ether oxygens (including phenoxy) is 3. The van der Waals surface area contributed by atoms with Crippen LogP contribution >= 0.6 is 0 Å². The summed E-state index contributed by atoms with van der Waals surface area (Å²) in [6, 6.07) is 1.08. The minimum atomic E-state index is 0.0922. The number of fused-ring (bicyclic) bond motifs is 4.